The summed E-state index contributed by atoms with van der Waals surface area (Å²) in [5.41, 5.74) is 0.214. The Kier molecular flexibility index (Phi) is 3.56. The molecule has 22 heavy (non-hydrogen) atoms. The van der Waals surface area contributed by atoms with Crippen LogP contribution in [0, 0.1) is 33.8 Å². The van der Waals surface area contributed by atoms with Crippen LogP contribution in [0.2, 0.25) is 0 Å². The lowest BCUT2D eigenvalue weighted by Crippen LogP contribution is -2.37. The van der Waals surface area contributed by atoms with Gasteiger partial charge in [0.15, 0.2) is 0 Å². The SMILES string of the molecule is O=C(Nc1cccc([N+](=O)[O-])c1)[C@@H]1[C@@H]2CC[C@@H](C2)[C@@H]1C(=O)O. The van der Waals surface area contributed by atoms with Crippen molar-refractivity contribution in [2.75, 3.05) is 5.32 Å². The fourth-order valence-corrected chi connectivity index (χ4v) is 3.95. The lowest BCUT2D eigenvalue weighted by atomic mass is 9.78. The molecule has 2 aliphatic rings. The fraction of sp³-hybridized carbons (Fsp3) is 0.467. The predicted molar refractivity (Wildman–Crippen MR) is 77.2 cm³/mol. The van der Waals surface area contributed by atoms with Gasteiger partial charge in [-0.3, -0.25) is 19.7 Å². The Morgan fingerprint density at radius 2 is 1.91 bits per heavy atom. The molecule has 2 aliphatic carbocycles. The minimum Gasteiger partial charge on any atom is -0.481 e. The van der Waals surface area contributed by atoms with Gasteiger partial charge in [-0.15, -0.1) is 0 Å². The van der Waals surface area contributed by atoms with Crippen molar-refractivity contribution in [2.45, 2.75) is 19.3 Å². The van der Waals surface area contributed by atoms with E-state index < -0.39 is 22.7 Å². The van der Waals surface area contributed by atoms with Crippen LogP contribution in [0.1, 0.15) is 19.3 Å². The molecule has 1 aromatic carbocycles. The van der Waals surface area contributed by atoms with Gasteiger partial charge in [-0.25, -0.2) is 0 Å². The van der Waals surface area contributed by atoms with E-state index in [-0.39, 0.29) is 23.4 Å². The number of benzene rings is 1. The lowest BCUT2D eigenvalue weighted by molar-refractivity contribution is -0.384. The van der Waals surface area contributed by atoms with Crippen LogP contribution < -0.4 is 5.32 Å². The summed E-state index contributed by atoms with van der Waals surface area (Å²) in [6.07, 6.45) is 2.52. The van der Waals surface area contributed by atoms with Crippen LogP contribution in [0.4, 0.5) is 11.4 Å². The zero-order valence-electron chi connectivity index (χ0n) is 11.8. The highest BCUT2D eigenvalue weighted by Gasteiger charge is 2.53. The number of nitrogens with one attached hydrogen (secondary N) is 1. The second kappa shape index (κ2) is 5.40. The van der Waals surface area contributed by atoms with E-state index in [9.17, 15) is 24.8 Å². The summed E-state index contributed by atoms with van der Waals surface area (Å²) in [7, 11) is 0. The third kappa shape index (κ3) is 2.43. The molecule has 2 N–H and O–H groups in total. The first-order valence-electron chi connectivity index (χ1n) is 7.25. The van der Waals surface area contributed by atoms with Crippen LogP contribution in [0.25, 0.3) is 0 Å². The van der Waals surface area contributed by atoms with Crippen LogP contribution in [-0.2, 0) is 9.59 Å². The Morgan fingerprint density at radius 3 is 2.55 bits per heavy atom. The Morgan fingerprint density at radius 1 is 1.23 bits per heavy atom. The van der Waals surface area contributed by atoms with Gasteiger partial charge >= 0.3 is 5.97 Å². The molecule has 1 aromatic rings. The number of hydrogen-bond donors (Lipinski definition) is 2. The summed E-state index contributed by atoms with van der Waals surface area (Å²) in [5, 5.41) is 22.8. The number of carboxylic acids is 1. The minimum atomic E-state index is -0.925. The Hall–Kier alpha value is -2.44. The summed E-state index contributed by atoms with van der Waals surface area (Å²) in [5.74, 6) is -2.28. The molecule has 1 amide bonds. The third-order valence-corrected chi connectivity index (χ3v) is 4.83. The van der Waals surface area contributed by atoms with Crippen molar-refractivity contribution < 1.29 is 19.6 Å². The number of aliphatic carboxylic acids is 1. The number of hydrogen-bond acceptors (Lipinski definition) is 4. The summed E-state index contributed by atoms with van der Waals surface area (Å²) in [6.45, 7) is 0. The van der Waals surface area contributed by atoms with Crippen molar-refractivity contribution in [3.05, 3.63) is 34.4 Å². The summed E-state index contributed by atoms with van der Waals surface area (Å²) < 4.78 is 0. The van der Waals surface area contributed by atoms with E-state index >= 15 is 0 Å². The van der Waals surface area contributed by atoms with Crippen LogP contribution >= 0.6 is 0 Å². The zero-order chi connectivity index (χ0) is 15.9. The van der Waals surface area contributed by atoms with Crippen LogP contribution in [0.15, 0.2) is 24.3 Å². The molecule has 2 fully saturated rings. The average molecular weight is 304 g/mol. The molecule has 0 unspecified atom stereocenters. The number of nitro groups is 1. The molecule has 0 heterocycles. The quantitative estimate of drug-likeness (QED) is 0.655. The number of carboxylic acid groups (broad SMARTS) is 1. The molecule has 0 radical (unpaired) electrons. The fourth-order valence-electron chi connectivity index (χ4n) is 3.95. The summed E-state index contributed by atoms with van der Waals surface area (Å²) in [4.78, 5) is 34.1. The molecule has 4 atom stereocenters. The van der Waals surface area contributed by atoms with Crippen LogP contribution in [0.5, 0.6) is 0 Å². The van der Waals surface area contributed by atoms with Gasteiger partial charge in [0.1, 0.15) is 0 Å². The monoisotopic (exact) mass is 304 g/mol. The predicted octanol–water partition coefficient (Wildman–Crippen LogP) is 2.28. The molecular weight excluding hydrogens is 288 g/mol. The molecular formula is C15H16N2O5. The van der Waals surface area contributed by atoms with Crippen molar-refractivity contribution in [3.8, 4) is 0 Å². The first-order chi connectivity index (χ1) is 10.5. The molecule has 116 valence electrons. The molecule has 3 rings (SSSR count). The average Bonchev–Trinajstić information content (AvgIpc) is 3.07. The topological polar surface area (TPSA) is 110 Å². The second-order valence-corrected chi connectivity index (χ2v) is 6.02. The van der Waals surface area contributed by atoms with E-state index in [1.54, 1.807) is 6.07 Å². The Balaban J connectivity index is 1.78. The third-order valence-electron chi connectivity index (χ3n) is 4.83. The first kappa shape index (κ1) is 14.5. The van der Waals surface area contributed by atoms with Crippen molar-refractivity contribution in [1.82, 2.24) is 0 Å². The number of nitro benzene ring substituents is 1. The van der Waals surface area contributed by atoms with Gasteiger partial charge in [-0.1, -0.05) is 6.07 Å². The van der Waals surface area contributed by atoms with Crippen LogP contribution in [-0.4, -0.2) is 21.9 Å². The van der Waals surface area contributed by atoms with Crippen molar-refractivity contribution in [1.29, 1.82) is 0 Å². The highest BCUT2D eigenvalue weighted by atomic mass is 16.6. The molecule has 0 spiro atoms. The van der Waals surface area contributed by atoms with E-state index in [0.717, 1.165) is 19.3 Å². The number of rotatable bonds is 4. The largest absolute Gasteiger partial charge is 0.481 e. The highest BCUT2D eigenvalue weighted by Crippen LogP contribution is 2.52. The van der Waals surface area contributed by atoms with Crippen molar-refractivity contribution in [2.24, 2.45) is 23.7 Å². The number of anilines is 1. The van der Waals surface area contributed by atoms with Crippen LogP contribution in [0.3, 0.4) is 0 Å². The van der Waals surface area contributed by atoms with E-state index in [4.69, 9.17) is 0 Å². The van der Waals surface area contributed by atoms with Gasteiger partial charge in [-0.2, -0.15) is 0 Å². The molecule has 2 bridgehead atoms. The summed E-state index contributed by atoms with van der Waals surface area (Å²) in [6, 6.07) is 5.67. The van der Waals surface area contributed by atoms with Crippen molar-refractivity contribution in [3.63, 3.8) is 0 Å². The number of fused-ring (bicyclic) bond motifs is 2. The minimum absolute atomic E-state index is 0.0726. The highest BCUT2D eigenvalue weighted by molar-refractivity contribution is 5.96. The van der Waals surface area contributed by atoms with E-state index in [0.29, 0.717) is 5.69 Å². The standard InChI is InChI=1S/C15H16N2O5/c18-14(16-10-2-1-3-11(7-10)17(21)22)12-8-4-5-9(6-8)13(12)15(19)20/h1-3,7-9,12-13H,4-6H2,(H,16,18)(H,19,20)/t8-,9+,12-,13+/m1/s1. The van der Waals surface area contributed by atoms with E-state index in [1.165, 1.54) is 18.2 Å². The Bertz CT molecular complexity index is 645. The number of carbonyl (C=O) groups is 2. The maximum atomic E-state index is 12.5. The Labute approximate surface area is 126 Å². The van der Waals surface area contributed by atoms with Gasteiger partial charge in [0.25, 0.3) is 5.69 Å². The van der Waals surface area contributed by atoms with Gasteiger partial charge < -0.3 is 10.4 Å². The smallest absolute Gasteiger partial charge is 0.307 e. The number of carbonyl (C=O) groups excluding carboxylic acids is 1. The van der Waals surface area contributed by atoms with Gasteiger partial charge in [0.2, 0.25) is 5.91 Å². The van der Waals surface area contributed by atoms with Gasteiger partial charge in [0, 0.05) is 17.8 Å². The molecule has 0 aromatic heterocycles. The van der Waals surface area contributed by atoms with Gasteiger partial charge in [-0.05, 0) is 37.2 Å². The number of nitrogens with zero attached hydrogens (tertiary/aromatic N) is 1. The lowest BCUT2D eigenvalue weighted by Gasteiger charge is -2.27. The second-order valence-electron chi connectivity index (χ2n) is 6.02. The zero-order valence-corrected chi connectivity index (χ0v) is 11.8. The first-order valence-corrected chi connectivity index (χ1v) is 7.25. The van der Waals surface area contributed by atoms with E-state index in [1.807, 2.05) is 0 Å². The number of amides is 1. The summed E-state index contributed by atoms with van der Waals surface area (Å²) >= 11 is 0. The number of non-ortho nitro benzene ring substituents is 1. The van der Waals surface area contributed by atoms with Gasteiger partial charge in [0.05, 0.1) is 16.8 Å². The van der Waals surface area contributed by atoms with Crippen molar-refractivity contribution >= 4 is 23.3 Å². The maximum Gasteiger partial charge on any atom is 0.307 e. The van der Waals surface area contributed by atoms with E-state index in [2.05, 4.69) is 5.32 Å². The molecule has 7 heteroatoms. The molecule has 0 saturated heterocycles. The normalized spacial score (nSPS) is 29.3. The maximum absolute atomic E-state index is 12.5. The molecule has 7 nitrogen and oxygen atoms in total. The molecule has 0 aliphatic heterocycles. The molecule has 2 saturated carbocycles.